The zero-order chi connectivity index (χ0) is 21.0. The van der Waals surface area contributed by atoms with Crippen molar-refractivity contribution >= 4 is 33.4 Å². The Morgan fingerprint density at radius 1 is 1.14 bits per heavy atom. The maximum atomic E-state index is 12.9. The van der Waals surface area contributed by atoms with E-state index in [1.165, 1.54) is 0 Å². The van der Waals surface area contributed by atoms with Crippen molar-refractivity contribution in [3.63, 3.8) is 0 Å². The van der Waals surface area contributed by atoms with Gasteiger partial charge in [0.15, 0.2) is 0 Å². The number of hydrogen-bond acceptors (Lipinski definition) is 4. The number of hydrogen-bond donors (Lipinski definition) is 1. The SMILES string of the molecule is CC1CCCN(S(=O)(=O)c2ccc(NC(=O)c3ccccc3SC(C)C)cc2)C1. The van der Waals surface area contributed by atoms with E-state index in [2.05, 4.69) is 26.1 Å². The van der Waals surface area contributed by atoms with Gasteiger partial charge in [-0.2, -0.15) is 4.31 Å². The lowest BCUT2D eigenvalue weighted by Crippen LogP contribution is -2.39. The van der Waals surface area contributed by atoms with Gasteiger partial charge < -0.3 is 5.32 Å². The van der Waals surface area contributed by atoms with E-state index in [0.29, 0.717) is 35.5 Å². The molecule has 1 aliphatic rings. The van der Waals surface area contributed by atoms with Crippen LogP contribution in [0.25, 0.3) is 0 Å². The predicted octanol–water partition coefficient (Wildman–Crippen LogP) is 4.86. The van der Waals surface area contributed by atoms with E-state index in [0.717, 1.165) is 17.7 Å². The molecular weight excluding hydrogens is 404 g/mol. The second-order valence-electron chi connectivity index (χ2n) is 7.75. The summed E-state index contributed by atoms with van der Waals surface area (Å²) in [4.78, 5) is 13.9. The molecule has 1 fully saturated rings. The fourth-order valence-corrected chi connectivity index (χ4v) is 5.98. The Bertz CT molecular complexity index is 956. The summed E-state index contributed by atoms with van der Waals surface area (Å²) in [5.74, 6) is 0.176. The van der Waals surface area contributed by atoms with Gasteiger partial charge in [-0.15, -0.1) is 11.8 Å². The van der Waals surface area contributed by atoms with Gasteiger partial charge in [0.25, 0.3) is 5.91 Å². The number of thioether (sulfide) groups is 1. The molecule has 0 spiro atoms. The van der Waals surface area contributed by atoms with Crippen LogP contribution in [0.15, 0.2) is 58.3 Å². The zero-order valence-electron chi connectivity index (χ0n) is 17.1. The smallest absolute Gasteiger partial charge is 0.256 e. The van der Waals surface area contributed by atoms with Crippen molar-refractivity contribution in [3.8, 4) is 0 Å². The van der Waals surface area contributed by atoms with E-state index in [-0.39, 0.29) is 10.8 Å². The number of benzene rings is 2. The van der Waals surface area contributed by atoms with Crippen molar-refractivity contribution in [2.45, 2.75) is 48.7 Å². The highest BCUT2D eigenvalue weighted by Gasteiger charge is 2.28. The molecule has 1 amide bonds. The van der Waals surface area contributed by atoms with Crippen molar-refractivity contribution in [1.29, 1.82) is 0 Å². The highest BCUT2D eigenvalue weighted by Crippen LogP contribution is 2.28. The number of rotatable bonds is 6. The molecule has 1 unspecified atom stereocenters. The normalized spacial score (nSPS) is 18.0. The van der Waals surface area contributed by atoms with Gasteiger partial charge >= 0.3 is 0 Å². The molecule has 2 aromatic carbocycles. The van der Waals surface area contributed by atoms with Crippen LogP contribution in [0.3, 0.4) is 0 Å². The molecule has 7 heteroatoms. The van der Waals surface area contributed by atoms with Crippen LogP contribution >= 0.6 is 11.8 Å². The van der Waals surface area contributed by atoms with Gasteiger partial charge in [-0.05, 0) is 55.2 Å². The first-order valence-electron chi connectivity index (χ1n) is 9.94. The van der Waals surface area contributed by atoms with E-state index in [9.17, 15) is 13.2 Å². The molecule has 1 heterocycles. The summed E-state index contributed by atoms with van der Waals surface area (Å²) in [7, 11) is -3.50. The molecule has 1 saturated heterocycles. The third-order valence-electron chi connectivity index (χ3n) is 4.86. The zero-order valence-corrected chi connectivity index (χ0v) is 18.7. The molecule has 3 rings (SSSR count). The third-order valence-corrected chi connectivity index (χ3v) is 7.82. The summed E-state index contributed by atoms with van der Waals surface area (Å²) >= 11 is 1.64. The number of nitrogens with one attached hydrogen (secondary N) is 1. The molecule has 156 valence electrons. The molecule has 1 aliphatic heterocycles. The number of nitrogens with zero attached hydrogens (tertiary/aromatic N) is 1. The summed E-state index contributed by atoms with van der Waals surface area (Å²) in [6, 6.07) is 13.9. The van der Waals surface area contributed by atoms with Crippen molar-refractivity contribution < 1.29 is 13.2 Å². The molecule has 0 saturated carbocycles. The number of carbonyl (C=O) groups is 1. The maximum Gasteiger partial charge on any atom is 0.256 e. The van der Waals surface area contributed by atoms with Gasteiger partial charge in [0.2, 0.25) is 10.0 Å². The number of sulfonamides is 1. The average molecular weight is 433 g/mol. The molecule has 0 bridgehead atoms. The Morgan fingerprint density at radius 3 is 2.48 bits per heavy atom. The van der Waals surface area contributed by atoms with Gasteiger partial charge in [0.05, 0.1) is 10.5 Å². The van der Waals surface area contributed by atoms with Crippen molar-refractivity contribution in [3.05, 3.63) is 54.1 Å². The molecule has 2 aromatic rings. The Balaban J connectivity index is 1.73. The summed E-state index contributed by atoms with van der Waals surface area (Å²) in [6.45, 7) is 7.37. The lowest BCUT2D eigenvalue weighted by Gasteiger charge is -2.30. The first-order valence-corrected chi connectivity index (χ1v) is 12.3. The number of anilines is 1. The Kier molecular flexibility index (Phi) is 7.03. The molecule has 29 heavy (non-hydrogen) atoms. The predicted molar refractivity (Wildman–Crippen MR) is 119 cm³/mol. The van der Waals surface area contributed by atoms with Crippen LogP contribution < -0.4 is 5.32 Å². The minimum Gasteiger partial charge on any atom is -0.322 e. The highest BCUT2D eigenvalue weighted by atomic mass is 32.2. The quantitative estimate of drug-likeness (QED) is 0.662. The van der Waals surface area contributed by atoms with E-state index in [1.807, 2.05) is 18.2 Å². The van der Waals surface area contributed by atoms with E-state index in [4.69, 9.17) is 0 Å². The minimum absolute atomic E-state index is 0.200. The van der Waals surface area contributed by atoms with Crippen molar-refractivity contribution in [2.75, 3.05) is 18.4 Å². The van der Waals surface area contributed by atoms with E-state index >= 15 is 0 Å². The van der Waals surface area contributed by atoms with Crippen LogP contribution in [-0.4, -0.2) is 37.0 Å². The molecule has 5 nitrogen and oxygen atoms in total. The van der Waals surface area contributed by atoms with Crippen molar-refractivity contribution in [2.24, 2.45) is 5.92 Å². The van der Waals surface area contributed by atoms with Crippen LogP contribution in [0, 0.1) is 5.92 Å². The largest absolute Gasteiger partial charge is 0.322 e. The second-order valence-corrected chi connectivity index (χ2v) is 11.3. The maximum absolute atomic E-state index is 12.9. The summed E-state index contributed by atoms with van der Waals surface area (Å²) in [5, 5.41) is 3.24. The Morgan fingerprint density at radius 2 is 1.83 bits per heavy atom. The Hall–Kier alpha value is -1.83. The molecule has 0 aromatic heterocycles. The summed E-state index contributed by atoms with van der Waals surface area (Å²) < 4.78 is 27.3. The Labute approximate surface area is 177 Å². The topological polar surface area (TPSA) is 66.5 Å². The lowest BCUT2D eigenvalue weighted by atomic mass is 10.0. The monoisotopic (exact) mass is 432 g/mol. The van der Waals surface area contributed by atoms with Crippen LogP contribution in [0.4, 0.5) is 5.69 Å². The fraction of sp³-hybridized carbons (Fsp3) is 0.409. The molecular formula is C22H28N2O3S2. The number of carbonyl (C=O) groups excluding carboxylic acids is 1. The van der Waals surface area contributed by atoms with Crippen LogP contribution in [0.5, 0.6) is 0 Å². The fourth-order valence-electron chi connectivity index (χ4n) is 3.43. The third kappa shape index (κ3) is 5.41. The average Bonchev–Trinajstić information content (AvgIpc) is 2.68. The highest BCUT2D eigenvalue weighted by molar-refractivity contribution is 8.00. The van der Waals surface area contributed by atoms with E-state index < -0.39 is 10.0 Å². The van der Waals surface area contributed by atoms with Crippen molar-refractivity contribution in [1.82, 2.24) is 4.31 Å². The molecule has 0 radical (unpaired) electrons. The summed E-state index contributed by atoms with van der Waals surface area (Å²) in [6.07, 6.45) is 1.95. The molecule has 0 aliphatic carbocycles. The standard InChI is InChI=1S/C22H28N2O3S2/c1-16(2)28-21-9-5-4-8-20(21)22(25)23-18-10-12-19(13-11-18)29(26,27)24-14-6-7-17(3)15-24/h4-5,8-13,16-17H,6-7,14-15H2,1-3H3,(H,23,25). The van der Waals surface area contributed by atoms with Gasteiger partial charge in [-0.1, -0.05) is 32.9 Å². The molecule has 1 N–H and O–H groups in total. The van der Waals surface area contributed by atoms with Gasteiger partial charge in [-0.3, -0.25) is 4.79 Å². The van der Waals surface area contributed by atoms with Gasteiger partial charge in [0, 0.05) is 28.9 Å². The van der Waals surface area contributed by atoms with Crippen LogP contribution in [0.2, 0.25) is 0 Å². The van der Waals surface area contributed by atoms with E-state index in [1.54, 1.807) is 46.4 Å². The first-order chi connectivity index (χ1) is 13.8. The minimum atomic E-state index is -3.50. The molecule has 1 atom stereocenters. The summed E-state index contributed by atoms with van der Waals surface area (Å²) in [5.41, 5.74) is 1.19. The second kappa shape index (κ2) is 9.32. The van der Waals surface area contributed by atoms with Gasteiger partial charge in [-0.25, -0.2) is 8.42 Å². The van der Waals surface area contributed by atoms with Gasteiger partial charge in [0.1, 0.15) is 0 Å². The lowest BCUT2D eigenvalue weighted by molar-refractivity contribution is 0.102. The van der Waals surface area contributed by atoms with Crippen LogP contribution in [-0.2, 0) is 10.0 Å². The number of amides is 1. The first kappa shape index (κ1) is 21.9. The number of piperidine rings is 1. The van der Waals surface area contributed by atoms with Crippen LogP contribution in [0.1, 0.15) is 44.0 Å².